The van der Waals surface area contributed by atoms with Gasteiger partial charge < -0.3 is 15.4 Å². The van der Waals surface area contributed by atoms with Gasteiger partial charge >= 0.3 is 12.8 Å². The van der Waals surface area contributed by atoms with Crippen LogP contribution in [0.4, 0.5) is 33.3 Å². The molecule has 140 valence electrons. The summed E-state index contributed by atoms with van der Waals surface area (Å²) in [5, 5.41) is 5.09. The standard InChI is InChI=1S/C17H15F5N2O2/c1-10-2-3-12(8-14(10)17(20,21)22)23-9-15(25)24-11-4-6-13(7-5-11)26-16(18)19/h2-8,16,23H,9H2,1H3,(H,24,25). The third kappa shape index (κ3) is 5.61. The second kappa shape index (κ2) is 8.03. The van der Waals surface area contributed by atoms with Gasteiger partial charge in [-0.05, 0) is 48.9 Å². The maximum Gasteiger partial charge on any atom is 0.416 e. The Morgan fingerprint density at radius 2 is 1.69 bits per heavy atom. The van der Waals surface area contributed by atoms with E-state index >= 15 is 0 Å². The van der Waals surface area contributed by atoms with Gasteiger partial charge in [0.1, 0.15) is 5.75 Å². The molecule has 2 aromatic carbocycles. The maximum atomic E-state index is 12.9. The van der Waals surface area contributed by atoms with Crippen LogP contribution in [0.3, 0.4) is 0 Å². The zero-order valence-electron chi connectivity index (χ0n) is 13.5. The quantitative estimate of drug-likeness (QED) is 0.723. The van der Waals surface area contributed by atoms with Crippen LogP contribution in [0.5, 0.6) is 5.75 Å². The van der Waals surface area contributed by atoms with E-state index in [2.05, 4.69) is 15.4 Å². The number of halogens is 5. The highest BCUT2D eigenvalue weighted by Crippen LogP contribution is 2.33. The van der Waals surface area contributed by atoms with Crippen LogP contribution in [0.25, 0.3) is 0 Å². The minimum absolute atomic E-state index is 0.0598. The van der Waals surface area contributed by atoms with Crippen LogP contribution in [-0.4, -0.2) is 19.1 Å². The molecule has 0 heterocycles. The number of carbonyl (C=O) groups is 1. The molecule has 0 bridgehead atoms. The molecule has 0 saturated heterocycles. The minimum atomic E-state index is -4.48. The second-order valence-corrected chi connectivity index (χ2v) is 5.33. The molecule has 0 saturated carbocycles. The first-order valence-electron chi connectivity index (χ1n) is 7.41. The van der Waals surface area contributed by atoms with Crippen molar-refractivity contribution in [2.24, 2.45) is 0 Å². The lowest BCUT2D eigenvalue weighted by Gasteiger charge is -2.13. The maximum absolute atomic E-state index is 12.9. The summed E-state index contributed by atoms with van der Waals surface area (Å²) in [4.78, 5) is 11.9. The Labute approximate surface area is 146 Å². The van der Waals surface area contributed by atoms with Gasteiger partial charge in [-0.15, -0.1) is 0 Å². The fourth-order valence-electron chi connectivity index (χ4n) is 2.14. The molecule has 0 atom stereocenters. The highest BCUT2D eigenvalue weighted by molar-refractivity contribution is 5.93. The summed E-state index contributed by atoms with van der Waals surface area (Å²) >= 11 is 0. The largest absolute Gasteiger partial charge is 0.435 e. The second-order valence-electron chi connectivity index (χ2n) is 5.33. The van der Waals surface area contributed by atoms with Crippen molar-refractivity contribution in [1.29, 1.82) is 0 Å². The van der Waals surface area contributed by atoms with Crippen molar-refractivity contribution >= 4 is 17.3 Å². The molecule has 2 rings (SSSR count). The fourth-order valence-corrected chi connectivity index (χ4v) is 2.14. The molecule has 0 spiro atoms. The van der Waals surface area contributed by atoms with E-state index < -0.39 is 24.3 Å². The van der Waals surface area contributed by atoms with Gasteiger partial charge in [0.15, 0.2) is 0 Å². The monoisotopic (exact) mass is 374 g/mol. The number of hydrogen-bond acceptors (Lipinski definition) is 3. The molecule has 0 radical (unpaired) electrons. The van der Waals surface area contributed by atoms with Crippen LogP contribution in [-0.2, 0) is 11.0 Å². The molecule has 0 aliphatic carbocycles. The van der Waals surface area contributed by atoms with E-state index in [0.29, 0.717) is 5.69 Å². The predicted molar refractivity (Wildman–Crippen MR) is 86.4 cm³/mol. The molecule has 2 aromatic rings. The number of amides is 1. The Hall–Kier alpha value is -2.84. The van der Waals surface area contributed by atoms with Gasteiger partial charge in [-0.25, -0.2) is 0 Å². The fraction of sp³-hybridized carbons (Fsp3) is 0.235. The van der Waals surface area contributed by atoms with E-state index in [1.807, 2.05) is 0 Å². The van der Waals surface area contributed by atoms with Gasteiger partial charge in [0, 0.05) is 11.4 Å². The Morgan fingerprint density at radius 1 is 1.08 bits per heavy atom. The van der Waals surface area contributed by atoms with Crippen LogP contribution >= 0.6 is 0 Å². The predicted octanol–water partition coefficient (Wildman–Crippen LogP) is 4.67. The number of benzene rings is 2. The summed E-state index contributed by atoms with van der Waals surface area (Å²) in [5.74, 6) is -0.572. The van der Waals surface area contributed by atoms with Gasteiger partial charge in [0.05, 0.1) is 12.1 Å². The molecule has 0 aliphatic heterocycles. The molecule has 0 aliphatic rings. The lowest BCUT2D eigenvalue weighted by molar-refractivity contribution is -0.138. The number of aryl methyl sites for hydroxylation is 1. The average Bonchev–Trinajstić information content (AvgIpc) is 2.54. The highest BCUT2D eigenvalue weighted by atomic mass is 19.4. The van der Waals surface area contributed by atoms with Crippen LogP contribution in [0.2, 0.25) is 0 Å². The Balaban J connectivity index is 1.93. The lowest BCUT2D eigenvalue weighted by atomic mass is 10.1. The molecule has 9 heteroatoms. The summed E-state index contributed by atoms with van der Waals surface area (Å²) in [5.41, 5.74) is -0.215. The molecule has 4 nitrogen and oxygen atoms in total. The summed E-state index contributed by atoms with van der Waals surface area (Å²) in [6.45, 7) is -1.87. The van der Waals surface area contributed by atoms with Crippen molar-refractivity contribution in [3.05, 3.63) is 53.6 Å². The molecule has 1 amide bonds. The van der Waals surface area contributed by atoms with E-state index in [9.17, 15) is 26.7 Å². The van der Waals surface area contributed by atoms with E-state index in [1.165, 1.54) is 43.3 Å². The number of carbonyl (C=O) groups excluding carboxylic acids is 1. The Kier molecular flexibility index (Phi) is 6.01. The normalized spacial score (nSPS) is 11.3. The van der Waals surface area contributed by atoms with Crippen LogP contribution < -0.4 is 15.4 Å². The summed E-state index contributed by atoms with van der Waals surface area (Å²) in [7, 11) is 0. The molecule has 2 N–H and O–H groups in total. The van der Waals surface area contributed by atoms with Gasteiger partial charge in [0.2, 0.25) is 5.91 Å². The minimum Gasteiger partial charge on any atom is -0.435 e. The molecule has 0 aromatic heterocycles. The number of nitrogens with one attached hydrogen (secondary N) is 2. The van der Waals surface area contributed by atoms with Crippen LogP contribution in [0.1, 0.15) is 11.1 Å². The van der Waals surface area contributed by atoms with Crippen LogP contribution in [0, 0.1) is 6.92 Å². The lowest BCUT2D eigenvalue weighted by Crippen LogP contribution is -2.22. The summed E-state index contributed by atoms with van der Waals surface area (Å²) < 4.78 is 66.9. The smallest absolute Gasteiger partial charge is 0.416 e. The third-order valence-electron chi connectivity index (χ3n) is 3.36. The molecule has 0 unspecified atom stereocenters. The van der Waals surface area contributed by atoms with Crippen molar-refractivity contribution in [3.8, 4) is 5.75 Å². The SMILES string of the molecule is Cc1ccc(NCC(=O)Nc2ccc(OC(F)F)cc2)cc1C(F)(F)F. The molecular formula is C17H15F5N2O2. The number of anilines is 2. The molecular weight excluding hydrogens is 359 g/mol. The zero-order valence-corrected chi connectivity index (χ0v) is 13.5. The first kappa shape index (κ1) is 19.5. The van der Waals surface area contributed by atoms with Crippen molar-refractivity contribution in [2.45, 2.75) is 19.7 Å². The number of hydrogen-bond donors (Lipinski definition) is 2. The number of rotatable bonds is 6. The summed E-state index contributed by atoms with van der Waals surface area (Å²) in [6.07, 6.45) is -4.48. The van der Waals surface area contributed by atoms with E-state index in [1.54, 1.807) is 0 Å². The first-order valence-corrected chi connectivity index (χ1v) is 7.41. The van der Waals surface area contributed by atoms with Gasteiger partial charge in [-0.2, -0.15) is 22.0 Å². The van der Waals surface area contributed by atoms with E-state index in [4.69, 9.17) is 0 Å². The van der Waals surface area contributed by atoms with E-state index in [0.717, 1.165) is 6.07 Å². The average molecular weight is 374 g/mol. The topological polar surface area (TPSA) is 50.4 Å². The van der Waals surface area contributed by atoms with Crippen molar-refractivity contribution in [2.75, 3.05) is 17.2 Å². The van der Waals surface area contributed by atoms with Gasteiger partial charge in [0.25, 0.3) is 0 Å². The zero-order chi connectivity index (χ0) is 19.3. The first-order chi connectivity index (χ1) is 12.1. The van der Waals surface area contributed by atoms with Crippen molar-refractivity contribution < 1.29 is 31.5 Å². The van der Waals surface area contributed by atoms with E-state index in [-0.39, 0.29) is 23.5 Å². The third-order valence-corrected chi connectivity index (χ3v) is 3.36. The van der Waals surface area contributed by atoms with Crippen LogP contribution in [0.15, 0.2) is 42.5 Å². The number of ether oxygens (including phenoxy) is 1. The highest BCUT2D eigenvalue weighted by Gasteiger charge is 2.32. The summed E-state index contributed by atoms with van der Waals surface area (Å²) in [6, 6.07) is 8.92. The Morgan fingerprint density at radius 3 is 2.27 bits per heavy atom. The molecule has 0 fully saturated rings. The van der Waals surface area contributed by atoms with Gasteiger partial charge in [-0.3, -0.25) is 4.79 Å². The van der Waals surface area contributed by atoms with Crippen molar-refractivity contribution in [3.63, 3.8) is 0 Å². The van der Waals surface area contributed by atoms with Crippen molar-refractivity contribution in [1.82, 2.24) is 0 Å². The Bertz CT molecular complexity index is 761. The number of alkyl halides is 5. The van der Waals surface area contributed by atoms with Gasteiger partial charge in [-0.1, -0.05) is 6.07 Å². The molecule has 26 heavy (non-hydrogen) atoms.